The number of rotatable bonds is 5. The highest BCUT2D eigenvalue weighted by molar-refractivity contribution is 5.27. The molecule has 4 rings (SSSR count). The second-order valence-electron chi connectivity index (χ2n) is 8.06. The molecule has 0 radical (unpaired) electrons. The molecule has 0 atom stereocenters. The number of likely N-dealkylation sites (tertiary alicyclic amines) is 1. The number of nitrogens with zero attached hydrogens (tertiary/aromatic N) is 4. The van der Waals surface area contributed by atoms with Gasteiger partial charge in [-0.3, -0.25) is 14.3 Å². The highest BCUT2D eigenvalue weighted by Gasteiger charge is 2.25. The van der Waals surface area contributed by atoms with Crippen LogP contribution in [0.25, 0.3) is 0 Å². The number of aryl methyl sites for hydroxylation is 1. The second kappa shape index (κ2) is 7.35. The van der Waals surface area contributed by atoms with Crippen molar-refractivity contribution >= 4 is 0 Å². The Morgan fingerprint density at radius 2 is 2.08 bits per heavy atom. The monoisotopic (exact) mass is 356 g/mol. The molecule has 1 aliphatic heterocycles. The van der Waals surface area contributed by atoms with Gasteiger partial charge in [0.25, 0.3) is 5.56 Å². The van der Waals surface area contributed by atoms with Crippen molar-refractivity contribution in [1.82, 2.24) is 19.6 Å². The predicted octanol–water partition coefficient (Wildman–Crippen LogP) is 2.76. The summed E-state index contributed by atoms with van der Waals surface area (Å²) in [7, 11) is 0. The van der Waals surface area contributed by atoms with Crippen molar-refractivity contribution < 1.29 is 4.52 Å². The molecule has 2 aliphatic rings. The molecular weight excluding hydrogens is 328 g/mol. The Labute approximate surface area is 154 Å². The molecule has 140 valence electrons. The summed E-state index contributed by atoms with van der Waals surface area (Å²) in [6, 6.07) is 1.69. The molecule has 0 unspecified atom stereocenters. The predicted molar refractivity (Wildman–Crippen MR) is 99.1 cm³/mol. The van der Waals surface area contributed by atoms with Crippen molar-refractivity contribution in [1.29, 1.82) is 0 Å². The lowest BCUT2D eigenvalue weighted by Crippen LogP contribution is -2.36. The Morgan fingerprint density at radius 3 is 2.81 bits per heavy atom. The minimum atomic E-state index is 0.0734. The van der Waals surface area contributed by atoms with Crippen molar-refractivity contribution in [3.05, 3.63) is 45.5 Å². The van der Waals surface area contributed by atoms with Gasteiger partial charge in [-0.25, -0.2) is 4.98 Å². The van der Waals surface area contributed by atoms with E-state index < -0.39 is 0 Å². The van der Waals surface area contributed by atoms with E-state index in [1.165, 1.54) is 12.0 Å². The third-order valence-corrected chi connectivity index (χ3v) is 5.81. The first kappa shape index (κ1) is 17.5. The Bertz CT molecular complexity index is 815. The Hall–Kier alpha value is -1.95. The molecule has 0 aromatic carbocycles. The molecule has 0 bridgehead atoms. The third-order valence-electron chi connectivity index (χ3n) is 5.81. The van der Waals surface area contributed by atoms with Gasteiger partial charge >= 0.3 is 0 Å². The van der Waals surface area contributed by atoms with Gasteiger partial charge in [-0.15, -0.1) is 0 Å². The van der Waals surface area contributed by atoms with Crippen molar-refractivity contribution in [3.63, 3.8) is 0 Å². The van der Waals surface area contributed by atoms with Crippen LogP contribution in [0.2, 0.25) is 0 Å². The number of hydrogen-bond donors (Lipinski definition) is 0. The first-order valence-electron chi connectivity index (χ1n) is 9.85. The van der Waals surface area contributed by atoms with Crippen LogP contribution >= 0.6 is 0 Å². The van der Waals surface area contributed by atoms with E-state index in [1.807, 2.05) is 0 Å². The van der Waals surface area contributed by atoms with Crippen LogP contribution in [-0.4, -0.2) is 32.7 Å². The van der Waals surface area contributed by atoms with E-state index in [9.17, 15) is 4.79 Å². The molecule has 6 nitrogen and oxygen atoms in total. The number of hydrogen-bond acceptors (Lipinski definition) is 5. The van der Waals surface area contributed by atoms with E-state index in [0.29, 0.717) is 11.8 Å². The van der Waals surface area contributed by atoms with Crippen LogP contribution in [-0.2, 0) is 25.9 Å². The molecule has 0 saturated carbocycles. The van der Waals surface area contributed by atoms with Gasteiger partial charge in [0.15, 0.2) is 0 Å². The largest absolute Gasteiger partial charge is 0.361 e. The fraction of sp³-hybridized carbons (Fsp3) is 0.650. The summed E-state index contributed by atoms with van der Waals surface area (Å²) >= 11 is 0. The van der Waals surface area contributed by atoms with Crippen LogP contribution in [0.15, 0.2) is 21.7 Å². The maximum absolute atomic E-state index is 12.3. The summed E-state index contributed by atoms with van der Waals surface area (Å²) in [5.74, 6) is 1.93. The van der Waals surface area contributed by atoms with Gasteiger partial charge in [0.2, 0.25) is 0 Å². The minimum Gasteiger partial charge on any atom is -0.361 e. The molecule has 2 aromatic rings. The fourth-order valence-electron chi connectivity index (χ4n) is 4.12. The smallest absolute Gasteiger partial charge is 0.253 e. The molecule has 3 heterocycles. The molecule has 6 heteroatoms. The van der Waals surface area contributed by atoms with Gasteiger partial charge in [-0.1, -0.05) is 19.0 Å². The first-order valence-corrected chi connectivity index (χ1v) is 9.85. The van der Waals surface area contributed by atoms with E-state index in [-0.39, 0.29) is 5.56 Å². The standard InChI is InChI=1S/C20H28N4O2/c1-14(2)17-10-20(25)24(13-21-17)11-15-6-8-23(9-7-15)12-18-16-4-3-5-19(16)26-22-18/h10,13-15H,3-9,11-12H2,1-2H3. The molecule has 0 amide bonds. The van der Waals surface area contributed by atoms with Crippen molar-refractivity contribution in [3.8, 4) is 0 Å². The van der Waals surface area contributed by atoms with Crippen molar-refractivity contribution in [2.75, 3.05) is 13.1 Å². The van der Waals surface area contributed by atoms with E-state index in [1.54, 1.807) is 17.0 Å². The van der Waals surface area contributed by atoms with Gasteiger partial charge in [0.05, 0.1) is 12.0 Å². The van der Waals surface area contributed by atoms with Gasteiger partial charge in [-0.05, 0) is 50.6 Å². The normalized spacial score (nSPS) is 18.6. The maximum Gasteiger partial charge on any atom is 0.253 e. The van der Waals surface area contributed by atoms with Crippen LogP contribution in [0.4, 0.5) is 0 Å². The summed E-state index contributed by atoms with van der Waals surface area (Å²) in [4.78, 5) is 19.2. The average molecular weight is 356 g/mol. The van der Waals surface area contributed by atoms with E-state index in [4.69, 9.17) is 4.52 Å². The zero-order chi connectivity index (χ0) is 18.1. The Morgan fingerprint density at radius 1 is 1.27 bits per heavy atom. The maximum atomic E-state index is 12.3. The lowest BCUT2D eigenvalue weighted by Gasteiger charge is -2.31. The zero-order valence-corrected chi connectivity index (χ0v) is 15.8. The van der Waals surface area contributed by atoms with Crippen molar-refractivity contribution in [2.45, 2.75) is 65.0 Å². The average Bonchev–Trinajstić information content (AvgIpc) is 3.23. The molecular formula is C20H28N4O2. The molecule has 1 fully saturated rings. The summed E-state index contributed by atoms with van der Waals surface area (Å²) in [6.07, 6.45) is 7.30. The number of piperidine rings is 1. The van der Waals surface area contributed by atoms with Crippen LogP contribution in [0.1, 0.15) is 61.7 Å². The Balaban J connectivity index is 1.32. The van der Waals surface area contributed by atoms with E-state index in [2.05, 4.69) is 28.9 Å². The fourth-order valence-corrected chi connectivity index (χ4v) is 4.12. The minimum absolute atomic E-state index is 0.0734. The highest BCUT2D eigenvalue weighted by atomic mass is 16.5. The topological polar surface area (TPSA) is 64.2 Å². The molecule has 0 spiro atoms. The molecule has 0 N–H and O–H groups in total. The van der Waals surface area contributed by atoms with E-state index in [0.717, 1.165) is 69.0 Å². The lowest BCUT2D eigenvalue weighted by atomic mass is 9.96. The summed E-state index contributed by atoms with van der Waals surface area (Å²) < 4.78 is 7.24. The van der Waals surface area contributed by atoms with Gasteiger partial charge in [-0.2, -0.15) is 0 Å². The van der Waals surface area contributed by atoms with Crippen LogP contribution < -0.4 is 5.56 Å². The third kappa shape index (κ3) is 3.61. The molecule has 1 saturated heterocycles. The quantitative estimate of drug-likeness (QED) is 0.824. The number of aromatic nitrogens is 3. The second-order valence-corrected chi connectivity index (χ2v) is 8.06. The SMILES string of the molecule is CC(C)c1cc(=O)n(CC2CCN(Cc3noc4c3CCC4)CC2)cn1. The van der Waals surface area contributed by atoms with Gasteiger partial charge < -0.3 is 4.52 Å². The van der Waals surface area contributed by atoms with Crippen molar-refractivity contribution in [2.24, 2.45) is 5.92 Å². The van der Waals surface area contributed by atoms with Gasteiger partial charge in [0.1, 0.15) is 11.5 Å². The number of fused-ring (bicyclic) bond motifs is 1. The van der Waals surface area contributed by atoms with Crippen LogP contribution in [0.3, 0.4) is 0 Å². The van der Waals surface area contributed by atoms with Crippen LogP contribution in [0, 0.1) is 5.92 Å². The Kier molecular flexibility index (Phi) is 4.94. The first-order chi connectivity index (χ1) is 12.6. The summed E-state index contributed by atoms with van der Waals surface area (Å²) in [5, 5.41) is 4.28. The summed E-state index contributed by atoms with van der Waals surface area (Å²) in [5.41, 5.74) is 3.45. The van der Waals surface area contributed by atoms with Gasteiger partial charge in [0, 0.05) is 31.1 Å². The van der Waals surface area contributed by atoms with E-state index >= 15 is 0 Å². The molecule has 1 aliphatic carbocycles. The van der Waals surface area contributed by atoms with Crippen LogP contribution in [0.5, 0.6) is 0 Å². The summed E-state index contributed by atoms with van der Waals surface area (Å²) in [6.45, 7) is 7.91. The lowest BCUT2D eigenvalue weighted by molar-refractivity contribution is 0.162. The molecule has 26 heavy (non-hydrogen) atoms. The molecule has 2 aromatic heterocycles. The highest BCUT2D eigenvalue weighted by Crippen LogP contribution is 2.27. The zero-order valence-electron chi connectivity index (χ0n) is 15.8.